The SMILES string of the molecule is O=C(O)/C=C\C(=O)OCc1ccc(Cl)cc1Cl. The molecule has 1 N–H and O–H groups in total. The Hall–Kier alpha value is -1.52. The average molecular weight is 275 g/mol. The molecule has 4 nitrogen and oxygen atoms in total. The van der Waals surface area contributed by atoms with Gasteiger partial charge in [-0.1, -0.05) is 29.3 Å². The van der Waals surface area contributed by atoms with Crippen molar-refractivity contribution in [2.75, 3.05) is 0 Å². The van der Waals surface area contributed by atoms with Crippen molar-refractivity contribution < 1.29 is 19.4 Å². The van der Waals surface area contributed by atoms with E-state index in [0.717, 1.165) is 6.08 Å². The molecule has 1 rings (SSSR count). The number of halogens is 2. The van der Waals surface area contributed by atoms with Gasteiger partial charge in [-0.2, -0.15) is 0 Å². The molecular weight excluding hydrogens is 267 g/mol. The maximum Gasteiger partial charge on any atom is 0.331 e. The minimum absolute atomic E-state index is 0.0429. The summed E-state index contributed by atoms with van der Waals surface area (Å²) in [5.74, 6) is -1.97. The second-order valence-electron chi connectivity index (χ2n) is 3.02. The Balaban J connectivity index is 2.56. The van der Waals surface area contributed by atoms with Gasteiger partial charge in [-0.05, 0) is 12.1 Å². The fourth-order valence-corrected chi connectivity index (χ4v) is 1.44. The van der Waals surface area contributed by atoms with Gasteiger partial charge in [0.05, 0.1) is 0 Å². The molecule has 1 aromatic carbocycles. The van der Waals surface area contributed by atoms with E-state index >= 15 is 0 Å². The van der Waals surface area contributed by atoms with Gasteiger partial charge in [0.2, 0.25) is 0 Å². The highest BCUT2D eigenvalue weighted by atomic mass is 35.5. The summed E-state index contributed by atoms with van der Waals surface area (Å²) in [6.07, 6.45) is 1.53. The third kappa shape index (κ3) is 4.89. The van der Waals surface area contributed by atoms with Crippen LogP contribution in [-0.4, -0.2) is 17.0 Å². The maximum absolute atomic E-state index is 11.1. The van der Waals surface area contributed by atoms with Crippen molar-refractivity contribution in [2.45, 2.75) is 6.61 Å². The zero-order valence-corrected chi connectivity index (χ0v) is 10.0. The van der Waals surface area contributed by atoms with Crippen LogP contribution >= 0.6 is 23.2 Å². The molecule has 6 heteroatoms. The third-order valence-electron chi connectivity index (χ3n) is 1.75. The zero-order chi connectivity index (χ0) is 12.8. The predicted molar refractivity (Wildman–Crippen MR) is 63.0 cm³/mol. The fraction of sp³-hybridized carbons (Fsp3) is 0.0909. The lowest BCUT2D eigenvalue weighted by Crippen LogP contribution is -2.02. The molecule has 90 valence electrons. The van der Waals surface area contributed by atoms with Crippen molar-refractivity contribution in [1.29, 1.82) is 0 Å². The molecular formula is C11H8Cl2O4. The van der Waals surface area contributed by atoms with Crippen LogP contribution in [0.1, 0.15) is 5.56 Å². The molecule has 0 amide bonds. The smallest absolute Gasteiger partial charge is 0.331 e. The number of carboxylic acids is 1. The minimum Gasteiger partial charge on any atom is -0.478 e. The molecule has 1 aromatic rings. The molecule has 0 aliphatic rings. The van der Waals surface area contributed by atoms with Crippen LogP contribution in [-0.2, 0) is 20.9 Å². The number of carboxylic acid groups (broad SMARTS) is 1. The highest BCUT2D eigenvalue weighted by Gasteiger charge is 2.04. The highest BCUT2D eigenvalue weighted by Crippen LogP contribution is 2.21. The summed E-state index contributed by atoms with van der Waals surface area (Å²) in [6.45, 7) is -0.0429. The molecule has 0 aromatic heterocycles. The average Bonchev–Trinajstić information content (AvgIpc) is 2.25. The predicted octanol–water partition coefficient (Wildman–Crippen LogP) is 2.68. The van der Waals surface area contributed by atoms with E-state index in [1.165, 1.54) is 6.07 Å². The van der Waals surface area contributed by atoms with E-state index in [1.54, 1.807) is 12.1 Å². The minimum atomic E-state index is -1.22. The van der Waals surface area contributed by atoms with E-state index in [9.17, 15) is 9.59 Å². The zero-order valence-electron chi connectivity index (χ0n) is 8.52. The lowest BCUT2D eigenvalue weighted by molar-refractivity contribution is -0.139. The summed E-state index contributed by atoms with van der Waals surface area (Å²) in [5.41, 5.74) is 0.591. The Labute approximate surface area is 107 Å². The number of hydrogen-bond donors (Lipinski definition) is 1. The van der Waals surface area contributed by atoms with Crippen molar-refractivity contribution in [1.82, 2.24) is 0 Å². The lowest BCUT2D eigenvalue weighted by atomic mass is 10.2. The van der Waals surface area contributed by atoms with Crippen LogP contribution in [0.3, 0.4) is 0 Å². The van der Waals surface area contributed by atoms with Crippen molar-refractivity contribution >= 4 is 35.1 Å². The summed E-state index contributed by atoms with van der Waals surface area (Å²) < 4.78 is 4.78. The number of carbonyl (C=O) groups is 2. The molecule has 0 aliphatic carbocycles. The van der Waals surface area contributed by atoms with Crippen molar-refractivity contribution in [3.05, 3.63) is 46.0 Å². The monoisotopic (exact) mass is 274 g/mol. The number of benzene rings is 1. The lowest BCUT2D eigenvalue weighted by Gasteiger charge is -2.04. The molecule has 17 heavy (non-hydrogen) atoms. The van der Waals surface area contributed by atoms with Crippen LogP contribution in [0, 0.1) is 0 Å². The summed E-state index contributed by atoms with van der Waals surface area (Å²) in [4.78, 5) is 21.2. The topological polar surface area (TPSA) is 63.6 Å². The summed E-state index contributed by atoms with van der Waals surface area (Å²) in [6, 6.07) is 4.77. The van der Waals surface area contributed by atoms with Gasteiger partial charge in [-0.25, -0.2) is 9.59 Å². The van der Waals surface area contributed by atoms with Gasteiger partial charge in [-0.15, -0.1) is 0 Å². The van der Waals surface area contributed by atoms with Crippen LogP contribution in [0.15, 0.2) is 30.4 Å². The van der Waals surface area contributed by atoms with Crippen LogP contribution in [0.4, 0.5) is 0 Å². The second-order valence-corrected chi connectivity index (χ2v) is 3.86. The summed E-state index contributed by atoms with van der Waals surface area (Å²) >= 11 is 11.5. The molecule has 0 aliphatic heterocycles. The maximum atomic E-state index is 11.1. The van der Waals surface area contributed by atoms with Crippen LogP contribution in [0.25, 0.3) is 0 Å². The van der Waals surface area contributed by atoms with E-state index in [2.05, 4.69) is 0 Å². The fourth-order valence-electron chi connectivity index (χ4n) is 0.975. The van der Waals surface area contributed by atoms with Gasteiger partial charge in [0.25, 0.3) is 0 Å². The van der Waals surface area contributed by atoms with Crippen LogP contribution in [0.2, 0.25) is 10.0 Å². The molecule has 0 radical (unpaired) electrons. The standard InChI is InChI=1S/C11H8Cl2O4/c12-8-2-1-7(9(13)5-8)6-17-11(16)4-3-10(14)15/h1-5H,6H2,(H,14,15)/b4-3-. The second kappa shape index (κ2) is 6.27. The Morgan fingerprint density at radius 2 is 2.00 bits per heavy atom. The van der Waals surface area contributed by atoms with Gasteiger partial charge in [0.1, 0.15) is 6.61 Å². The van der Waals surface area contributed by atoms with Gasteiger partial charge in [0, 0.05) is 27.8 Å². The first-order valence-corrected chi connectivity index (χ1v) is 5.26. The Morgan fingerprint density at radius 1 is 1.29 bits per heavy atom. The molecule has 0 spiro atoms. The van der Waals surface area contributed by atoms with Crippen molar-refractivity contribution in [2.24, 2.45) is 0 Å². The number of esters is 1. The number of hydrogen-bond acceptors (Lipinski definition) is 3. The van der Waals surface area contributed by atoms with E-state index in [1.807, 2.05) is 0 Å². The van der Waals surface area contributed by atoms with Crippen molar-refractivity contribution in [3.63, 3.8) is 0 Å². The van der Waals surface area contributed by atoms with Gasteiger partial charge in [-0.3, -0.25) is 0 Å². The van der Waals surface area contributed by atoms with Gasteiger partial charge < -0.3 is 9.84 Å². The van der Waals surface area contributed by atoms with E-state index in [0.29, 0.717) is 21.7 Å². The molecule has 0 atom stereocenters. The van der Waals surface area contributed by atoms with Crippen molar-refractivity contribution in [3.8, 4) is 0 Å². The van der Waals surface area contributed by atoms with Crippen LogP contribution in [0.5, 0.6) is 0 Å². The summed E-state index contributed by atoms with van der Waals surface area (Å²) in [7, 11) is 0. The first-order chi connectivity index (χ1) is 7.99. The highest BCUT2D eigenvalue weighted by molar-refractivity contribution is 6.35. The normalized spacial score (nSPS) is 10.5. The number of aliphatic carboxylic acids is 1. The van der Waals surface area contributed by atoms with E-state index in [-0.39, 0.29) is 6.61 Å². The van der Waals surface area contributed by atoms with Gasteiger partial charge in [0.15, 0.2) is 0 Å². The molecule has 0 saturated carbocycles. The Morgan fingerprint density at radius 3 is 2.59 bits per heavy atom. The van der Waals surface area contributed by atoms with Gasteiger partial charge >= 0.3 is 11.9 Å². The Bertz CT molecular complexity index is 469. The quantitative estimate of drug-likeness (QED) is 0.677. The Kier molecular flexibility index (Phi) is 5.00. The summed E-state index contributed by atoms with van der Waals surface area (Å²) in [5, 5.41) is 9.16. The number of carbonyl (C=O) groups excluding carboxylic acids is 1. The number of ether oxygens (including phenoxy) is 1. The third-order valence-corrected chi connectivity index (χ3v) is 2.33. The molecule has 0 saturated heterocycles. The molecule has 0 heterocycles. The molecule has 0 bridgehead atoms. The molecule has 0 fully saturated rings. The first kappa shape index (κ1) is 13.5. The van der Waals surface area contributed by atoms with Crippen LogP contribution < -0.4 is 0 Å². The first-order valence-electron chi connectivity index (χ1n) is 4.50. The number of rotatable bonds is 4. The van der Waals surface area contributed by atoms with E-state index < -0.39 is 11.9 Å². The van der Waals surface area contributed by atoms with E-state index in [4.69, 9.17) is 33.0 Å². The largest absolute Gasteiger partial charge is 0.478 e. The molecule has 0 unspecified atom stereocenters.